The minimum atomic E-state index is -0.264. The highest BCUT2D eigenvalue weighted by molar-refractivity contribution is 7.98. The van der Waals surface area contributed by atoms with Crippen LogP contribution in [-0.2, 0) is 0 Å². The van der Waals surface area contributed by atoms with Crippen molar-refractivity contribution < 1.29 is 9.90 Å². The Bertz CT molecular complexity index is 437. The van der Waals surface area contributed by atoms with Gasteiger partial charge in [-0.2, -0.15) is 17.0 Å². The van der Waals surface area contributed by atoms with E-state index in [0.717, 1.165) is 5.75 Å². The maximum atomic E-state index is 12.0. The molecule has 0 aliphatic rings. The summed E-state index contributed by atoms with van der Waals surface area (Å²) in [6.07, 6.45) is 2.46. The molecule has 0 radical (unpaired) electrons. The van der Waals surface area contributed by atoms with E-state index >= 15 is 0 Å². The smallest absolute Gasteiger partial charge is 0.252 e. The highest BCUT2D eigenvalue weighted by Crippen LogP contribution is 2.09. The van der Waals surface area contributed by atoms with Crippen LogP contribution in [0.5, 0.6) is 0 Å². The Morgan fingerprint density at radius 2 is 2.28 bits per heavy atom. The number of rotatable bonds is 6. The Hall–Kier alpha value is -1.51. The predicted octanol–water partition coefficient (Wildman–Crippen LogP) is 1.40. The zero-order valence-corrected chi connectivity index (χ0v) is 11.0. The van der Waals surface area contributed by atoms with Crippen molar-refractivity contribution in [3.8, 4) is 6.07 Å². The number of carbonyl (C=O) groups excluding carboxylic acids is 1. The molecule has 1 amide bonds. The number of carbonyl (C=O) groups is 1. The van der Waals surface area contributed by atoms with Gasteiger partial charge in [-0.05, 0) is 24.8 Å². The molecule has 18 heavy (non-hydrogen) atoms. The van der Waals surface area contributed by atoms with Gasteiger partial charge in [-0.3, -0.25) is 4.79 Å². The molecule has 0 spiro atoms. The average Bonchev–Trinajstić information content (AvgIpc) is 2.39. The van der Waals surface area contributed by atoms with Crippen LogP contribution in [-0.4, -0.2) is 35.7 Å². The van der Waals surface area contributed by atoms with E-state index in [9.17, 15) is 4.79 Å². The zero-order chi connectivity index (χ0) is 13.4. The summed E-state index contributed by atoms with van der Waals surface area (Å²) in [7, 11) is 0. The SMILES string of the molecule is CSCC(CCO)NC(=O)c1ccccc1C#N. The Kier molecular flexibility index (Phi) is 6.26. The Labute approximate surface area is 111 Å². The largest absolute Gasteiger partial charge is 0.396 e. The standard InChI is InChI=1S/C13H16N2O2S/c1-18-9-11(6-7-16)15-13(17)12-5-3-2-4-10(12)8-14/h2-5,11,16H,6-7,9H2,1H3,(H,15,17). The Morgan fingerprint density at radius 3 is 2.89 bits per heavy atom. The lowest BCUT2D eigenvalue weighted by atomic mass is 10.1. The molecule has 0 aliphatic heterocycles. The minimum Gasteiger partial charge on any atom is -0.396 e. The molecule has 0 fully saturated rings. The second kappa shape index (κ2) is 7.75. The third-order valence-corrected chi connectivity index (χ3v) is 3.21. The van der Waals surface area contributed by atoms with E-state index in [1.165, 1.54) is 0 Å². The van der Waals surface area contributed by atoms with Gasteiger partial charge in [-0.1, -0.05) is 12.1 Å². The van der Waals surface area contributed by atoms with Crippen LogP contribution in [0.4, 0.5) is 0 Å². The molecule has 5 heteroatoms. The summed E-state index contributed by atoms with van der Waals surface area (Å²) < 4.78 is 0. The van der Waals surface area contributed by atoms with E-state index in [4.69, 9.17) is 10.4 Å². The number of nitrogens with one attached hydrogen (secondary N) is 1. The molecule has 0 heterocycles. The molecular formula is C13H16N2O2S. The maximum absolute atomic E-state index is 12.0. The lowest BCUT2D eigenvalue weighted by molar-refractivity contribution is 0.0935. The minimum absolute atomic E-state index is 0.0331. The number of nitriles is 1. The van der Waals surface area contributed by atoms with E-state index in [0.29, 0.717) is 17.5 Å². The molecule has 1 aromatic rings. The molecule has 0 bridgehead atoms. The van der Waals surface area contributed by atoms with Crippen LogP contribution < -0.4 is 5.32 Å². The van der Waals surface area contributed by atoms with Crippen LogP contribution in [0.15, 0.2) is 24.3 Å². The van der Waals surface area contributed by atoms with Gasteiger partial charge >= 0.3 is 0 Å². The van der Waals surface area contributed by atoms with Crippen molar-refractivity contribution in [2.24, 2.45) is 0 Å². The van der Waals surface area contributed by atoms with Gasteiger partial charge in [0.1, 0.15) is 0 Å². The number of nitrogens with zero attached hydrogens (tertiary/aromatic N) is 1. The van der Waals surface area contributed by atoms with Gasteiger partial charge in [0.15, 0.2) is 0 Å². The van der Waals surface area contributed by atoms with Gasteiger partial charge in [0.2, 0.25) is 0 Å². The van der Waals surface area contributed by atoms with Crippen molar-refractivity contribution >= 4 is 17.7 Å². The highest BCUT2D eigenvalue weighted by Gasteiger charge is 2.15. The summed E-state index contributed by atoms with van der Waals surface area (Å²) in [4.78, 5) is 12.0. The number of aliphatic hydroxyl groups excluding tert-OH is 1. The fourth-order valence-corrected chi connectivity index (χ4v) is 2.25. The van der Waals surface area contributed by atoms with Crippen LogP contribution in [0.25, 0.3) is 0 Å². The van der Waals surface area contributed by atoms with E-state index in [2.05, 4.69) is 5.32 Å². The number of thioether (sulfide) groups is 1. The molecular weight excluding hydrogens is 248 g/mol. The molecule has 1 unspecified atom stereocenters. The molecule has 1 rings (SSSR count). The van der Waals surface area contributed by atoms with Crippen LogP contribution >= 0.6 is 11.8 Å². The molecule has 4 nitrogen and oxygen atoms in total. The lowest BCUT2D eigenvalue weighted by Gasteiger charge is -2.17. The zero-order valence-electron chi connectivity index (χ0n) is 10.2. The summed E-state index contributed by atoms with van der Waals surface area (Å²) in [5.41, 5.74) is 0.742. The summed E-state index contributed by atoms with van der Waals surface area (Å²) in [5.74, 6) is 0.473. The molecule has 0 saturated carbocycles. The fourth-order valence-electron chi connectivity index (χ4n) is 1.60. The van der Waals surface area contributed by atoms with Crippen molar-refractivity contribution in [1.29, 1.82) is 5.26 Å². The maximum Gasteiger partial charge on any atom is 0.252 e. The van der Waals surface area contributed by atoms with E-state index in [-0.39, 0.29) is 18.6 Å². The molecule has 2 N–H and O–H groups in total. The van der Waals surface area contributed by atoms with Gasteiger partial charge in [0, 0.05) is 18.4 Å². The van der Waals surface area contributed by atoms with Crippen molar-refractivity contribution in [3.05, 3.63) is 35.4 Å². The molecule has 96 valence electrons. The third kappa shape index (κ3) is 4.06. The second-order valence-corrected chi connectivity index (χ2v) is 4.71. The Morgan fingerprint density at radius 1 is 1.56 bits per heavy atom. The quantitative estimate of drug-likeness (QED) is 0.814. The van der Waals surface area contributed by atoms with E-state index < -0.39 is 0 Å². The normalized spacial score (nSPS) is 11.6. The van der Waals surface area contributed by atoms with Gasteiger partial charge < -0.3 is 10.4 Å². The predicted molar refractivity (Wildman–Crippen MR) is 72.5 cm³/mol. The van der Waals surface area contributed by atoms with Gasteiger partial charge in [-0.15, -0.1) is 0 Å². The molecule has 0 saturated heterocycles. The topological polar surface area (TPSA) is 73.1 Å². The number of amides is 1. The fraction of sp³-hybridized carbons (Fsp3) is 0.385. The van der Waals surface area contributed by atoms with Crippen LogP contribution in [0.3, 0.4) is 0 Å². The summed E-state index contributed by atoms with van der Waals surface area (Å²) in [6.45, 7) is 0.0331. The number of aliphatic hydroxyl groups is 1. The number of benzene rings is 1. The van der Waals surface area contributed by atoms with Gasteiger partial charge in [0.05, 0.1) is 17.2 Å². The Balaban J connectivity index is 2.77. The average molecular weight is 264 g/mol. The van der Waals surface area contributed by atoms with Crippen molar-refractivity contribution in [2.45, 2.75) is 12.5 Å². The molecule has 0 aliphatic carbocycles. The monoisotopic (exact) mass is 264 g/mol. The van der Waals surface area contributed by atoms with Crippen LogP contribution in [0, 0.1) is 11.3 Å². The van der Waals surface area contributed by atoms with Gasteiger partial charge in [0.25, 0.3) is 5.91 Å². The van der Waals surface area contributed by atoms with Gasteiger partial charge in [-0.25, -0.2) is 0 Å². The summed E-state index contributed by atoms with van der Waals surface area (Å²) in [5, 5.41) is 20.7. The van der Waals surface area contributed by atoms with Crippen LogP contribution in [0.2, 0.25) is 0 Å². The summed E-state index contributed by atoms with van der Waals surface area (Å²) >= 11 is 1.61. The summed E-state index contributed by atoms with van der Waals surface area (Å²) in [6, 6.07) is 8.61. The second-order valence-electron chi connectivity index (χ2n) is 3.80. The highest BCUT2D eigenvalue weighted by atomic mass is 32.2. The first-order valence-electron chi connectivity index (χ1n) is 5.62. The number of hydrogen-bond donors (Lipinski definition) is 2. The van der Waals surface area contributed by atoms with Crippen LogP contribution in [0.1, 0.15) is 22.3 Å². The van der Waals surface area contributed by atoms with Crippen molar-refractivity contribution in [2.75, 3.05) is 18.6 Å². The van der Waals surface area contributed by atoms with Crippen molar-refractivity contribution in [1.82, 2.24) is 5.32 Å². The molecule has 1 aromatic carbocycles. The number of hydrogen-bond acceptors (Lipinski definition) is 4. The molecule has 0 aromatic heterocycles. The first-order chi connectivity index (χ1) is 8.72. The lowest BCUT2D eigenvalue weighted by Crippen LogP contribution is -2.37. The first kappa shape index (κ1) is 14.6. The van der Waals surface area contributed by atoms with Crippen molar-refractivity contribution in [3.63, 3.8) is 0 Å². The molecule has 1 atom stereocenters. The van der Waals surface area contributed by atoms with E-state index in [1.54, 1.807) is 36.0 Å². The van der Waals surface area contributed by atoms with E-state index in [1.807, 2.05) is 12.3 Å². The third-order valence-electron chi connectivity index (χ3n) is 2.47. The first-order valence-corrected chi connectivity index (χ1v) is 7.02.